The molecule has 0 N–H and O–H groups in total. The van der Waals surface area contributed by atoms with E-state index in [1.165, 1.54) is 0 Å². The Hall–Kier alpha value is -0.970. The van der Waals surface area contributed by atoms with E-state index < -0.39 is 0 Å². The molecule has 22 heavy (non-hydrogen) atoms. The first-order valence-corrected chi connectivity index (χ1v) is 8.60. The third kappa shape index (κ3) is 2.80. The SMILES string of the molecule is CN(C)CCN1C=NC2C(CC3OC(C#N)CC3C2Br)C1=O. The summed E-state index contributed by atoms with van der Waals surface area (Å²) in [4.78, 5) is 21.2. The van der Waals surface area contributed by atoms with Crippen molar-refractivity contribution in [2.75, 3.05) is 27.2 Å². The van der Waals surface area contributed by atoms with Gasteiger partial charge in [0.1, 0.15) is 6.10 Å². The van der Waals surface area contributed by atoms with Gasteiger partial charge in [0.05, 0.1) is 30.5 Å². The molecule has 2 aliphatic heterocycles. The van der Waals surface area contributed by atoms with Crippen LogP contribution in [0.15, 0.2) is 4.99 Å². The third-order valence-corrected chi connectivity index (χ3v) is 6.07. The number of alkyl halides is 1. The zero-order valence-corrected chi connectivity index (χ0v) is 14.4. The number of hydrogen-bond acceptors (Lipinski definition) is 5. The summed E-state index contributed by atoms with van der Waals surface area (Å²) in [7, 11) is 3.98. The van der Waals surface area contributed by atoms with Gasteiger partial charge in [-0.25, -0.2) is 0 Å². The zero-order chi connectivity index (χ0) is 15.9. The number of halogens is 1. The molecule has 0 aromatic carbocycles. The van der Waals surface area contributed by atoms with Gasteiger partial charge in [0.15, 0.2) is 0 Å². The van der Waals surface area contributed by atoms with E-state index in [2.05, 4.69) is 31.9 Å². The first-order valence-electron chi connectivity index (χ1n) is 7.69. The quantitative estimate of drug-likeness (QED) is 0.693. The van der Waals surface area contributed by atoms with Crippen molar-refractivity contribution < 1.29 is 9.53 Å². The van der Waals surface area contributed by atoms with Crippen LogP contribution in [0.2, 0.25) is 0 Å². The largest absolute Gasteiger partial charge is 0.360 e. The lowest BCUT2D eigenvalue weighted by Gasteiger charge is -2.42. The van der Waals surface area contributed by atoms with Gasteiger partial charge >= 0.3 is 0 Å². The van der Waals surface area contributed by atoms with Crippen molar-refractivity contribution >= 4 is 28.2 Å². The van der Waals surface area contributed by atoms with E-state index in [9.17, 15) is 4.79 Å². The second-order valence-electron chi connectivity index (χ2n) is 6.57. The first kappa shape index (κ1) is 15.9. The maximum Gasteiger partial charge on any atom is 0.233 e. The number of amides is 1. The predicted octanol–water partition coefficient (Wildman–Crippen LogP) is 0.868. The maximum absolute atomic E-state index is 12.7. The lowest BCUT2D eigenvalue weighted by molar-refractivity contribution is -0.136. The lowest BCUT2D eigenvalue weighted by Crippen LogP contribution is -2.54. The normalized spacial score (nSPS) is 40.5. The van der Waals surface area contributed by atoms with E-state index in [-0.39, 0.29) is 40.8 Å². The number of hydrogen-bond donors (Lipinski definition) is 0. The van der Waals surface area contributed by atoms with Gasteiger partial charge in [-0.2, -0.15) is 5.26 Å². The van der Waals surface area contributed by atoms with Gasteiger partial charge in [-0.3, -0.25) is 9.79 Å². The highest BCUT2D eigenvalue weighted by molar-refractivity contribution is 9.09. The maximum atomic E-state index is 12.7. The summed E-state index contributed by atoms with van der Waals surface area (Å²) in [5, 5.41) is 9.07. The number of nitrogens with zero attached hydrogens (tertiary/aromatic N) is 4. The molecule has 6 unspecified atom stereocenters. The molecule has 6 nitrogen and oxygen atoms in total. The van der Waals surface area contributed by atoms with Gasteiger partial charge in [-0.15, -0.1) is 0 Å². The number of nitriles is 1. The second kappa shape index (κ2) is 6.26. The Kier molecular flexibility index (Phi) is 4.53. The Morgan fingerprint density at radius 1 is 1.55 bits per heavy atom. The molecule has 6 atom stereocenters. The molecule has 2 heterocycles. The number of carbonyl (C=O) groups excluding carboxylic acids is 1. The standard InChI is InChI=1S/C15H21BrN4O2/c1-19(2)3-4-20-8-18-14-11(15(20)21)6-12-10(13(14)16)5-9(7-17)22-12/h8-14H,3-6H2,1-2H3. The Morgan fingerprint density at radius 3 is 3.00 bits per heavy atom. The van der Waals surface area contributed by atoms with Crippen molar-refractivity contribution in [1.82, 2.24) is 9.80 Å². The van der Waals surface area contributed by atoms with Crippen molar-refractivity contribution in [2.45, 2.75) is 35.9 Å². The summed E-state index contributed by atoms with van der Waals surface area (Å²) in [6.07, 6.45) is 2.74. The fraction of sp³-hybridized carbons (Fsp3) is 0.800. The van der Waals surface area contributed by atoms with E-state index in [1.807, 2.05) is 14.1 Å². The molecule has 0 spiro atoms. The molecule has 1 aliphatic carbocycles. The number of likely N-dealkylation sites (N-methyl/N-ethyl adjacent to an activating group) is 1. The zero-order valence-electron chi connectivity index (χ0n) is 12.9. The van der Waals surface area contributed by atoms with Crippen LogP contribution in [0.5, 0.6) is 0 Å². The molecule has 0 aromatic rings. The van der Waals surface area contributed by atoms with Crippen molar-refractivity contribution in [3.63, 3.8) is 0 Å². The fourth-order valence-electron chi connectivity index (χ4n) is 3.62. The highest BCUT2D eigenvalue weighted by atomic mass is 79.9. The topological polar surface area (TPSA) is 68.9 Å². The molecule has 3 aliphatic rings. The minimum atomic E-state index is -0.348. The molecule has 3 rings (SSSR count). The first-order chi connectivity index (χ1) is 10.5. The van der Waals surface area contributed by atoms with Crippen molar-refractivity contribution in [2.24, 2.45) is 16.8 Å². The Balaban J connectivity index is 1.74. The molecule has 120 valence electrons. The molecule has 0 bridgehead atoms. The average molecular weight is 369 g/mol. The second-order valence-corrected chi connectivity index (χ2v) is 7.63. The van der Waals surface area contributed by atoms with Crippen LogP contribution < -0.4 is 0 Å². The summed E-state index contributed by atoms with van der Waals surface area (Å²) in [6, 6.07) is 2.16. The lowest BCUT2D eigenvalue weighted by atomic mass is 9.75. The molecule has 2 fully saturated rings. The minimum absolute atomic E-state index is 0.0109. The van der Waals surface area contributed by atoms with Gasteiger partial charge in [0.2, 0.25) is 5.91 Å². The molecular weight excluding hydrogens is 348 g/mol. The minimum Gasteiger partial charge on any atom is -0.360 e. The average Bonchev–Trinajstić information content (AvgIpc) is 2.91. The molecule has 1 amide bonds. The summed E-state index contributed by atoms with van der Waals surface area (Å²) in [6.45, 7) is 1.47. The monoisotopic (exact) mass is 368 g/mol. The van der Waals surface area contributed by atoms with Crippen LogP contribution in [0, 0.1) is 23.2 Å². The van der Waals surface area contributed by atoms with Gasteiger partial charge in [0.25, 0.3) is 0 Å². The number of carbonyl (C=O) groups is 1. The van der Waals surface area contributed by atoms with Crippen LogP contribution in [0.25, 0.3) is 0 Å². The highest BCUT2D eigenvalue weighted by Crippen LogP contribution is 2.45. The molecular formula is C15H21BrN4O2. The van der Waals surface area contributed by atoms with Gasteiger partial charge < -0.3 is 14.5 Å². The summed E-state index contributed by atoms with van der Waals surface area (Å²) >= 11 is 3.72. The van der Waals surface area contributed by atoms with Crippen LogP contribution in [-0.4, -0.2) is 72.3 Å². The van der Waals surface area contributed by atoms with Gasteiger partial charge in [0, 0.05) is 23.8 Å². The number of ether oxygens (including phenoxy) is 1. The van der Waals surface area contributed by atoms with Crippen LogP contribution in [0.3, 0.4) is 0 Å². The number of rotatable bonds is 3. The van der Waals surface area contributed by atoms with Crippen molar-refractivity contribution in [3.8, 4) is 6.07 Å². The van der Waals surface area contributed by atoms with E-state index in [1.54, 1.807) is 11.2 Å². The van der Waals surface area contributed by atoms with Gasteiger partial charge in [-0.1, -0.05) is 15.9 Å². The van der Waals surface area contributed by atoms with Crippen molar-refractivity contribution in [3.05, 3.63) is 0 Å². The Bertz CT molecular complexity index is 518. The van der Waals surface area contributed by atoms with E-state index in [0.29, 0.717) is 13.0 Å². The van der Waals surface area contributed by atoms with Crippen molar-refractivity contribution in [1.29, 1.82) is 5.26 Å². The van der Waals surface area contributed by atoms with Crippen LogP contribution in [0.1, 0.15) is 12.8 Å². The molecule has 7 heteroatoms. The number of fused-ring (bicyclic) bond motifs is 2. The summed E-state index contributed by atoms with van der Waals surface area (Å²) in [5.41, 5.74) is 0. The Morgan fingerprint density at radius 2 is 2.32 bits per heavy atom. The van der Waals surface area contributed by atoms with E-state index in [0.717, 1.165) is 13.0 Å². The molecule has 0 radical (unpaired) electrons. The van der Waals surface area contributed by atoms with E-state index in [4.69, 9.17) is 10.00 Å². The van der Waals surface area contributed by atoms with Crippen LogP contribution in [-0.2, 0) is 9.53 Å². The molecule has 0 aromatic heterocycles. The predicted molar refractivity (Wildman–Crippen MR) is 85.8 cm³/mol. The molecule has 1 saturated heterocycles. The third-order valence-electron chi connectivity index (χ3n) is 4.85. The highest BCUT2D eigenvalue weighted by Gasteiger charge is 2.52. The number of aliphatic imine (C=N–C) groups is 1. The fourth-order valence-corrected chi connectivity index (χ4v) is 4.68. The Labute approximate surface area is 139 Å². The summed E-state index contributed by atoms with van der Waals surface area (Å²) in [5.74, 6) is 0.258. The van der Waals surface area contributed by atoms with E-state index >= 15 is 0 Å². The summed E-state index contributed by atoms with van der Waals surface area (Å²) < 4.78 is 5.79. The molecule has 1 saturated carbocycles. The van der Waals surface area contributed by atoms with Gasteiger partial charge in [-0.05, 0) is 26.9 Å². The van der Waals surface area contributed by atoms with Crippen LogP contribution >= 0.6 is 15.9 Å². The van der Waals surface area contributed by atoms with Crippen LogP contribution in [0.4, 0.5) is 0 Å². The smallest absolute Gasteiger partial charge is 0.233 e.